The quantitative estimate of drug-likeness (QED) is 0.556. The molecule has 1 saturated carbocycles. The fourth-order valence-corrected chi connectivity index (χ4v) is 4.26. The molecule has 2 N–H and O–H groups in total. The molecule has 1 aromatic carbocycles. The summed E-state index contributed by atoms with van der Waals surface area (Å²) < 4.78 is 5.22. The highest BCUT2D eigenvalue weighted by Gasteiger charge is 2.22. The number of aromatic amines is 1. The first-order valence-electron chi connectivity index (χ1n) is 10.1. The summed E-state index contributed by atoms with van der Waals surface area (Å²) in [5.41, 5.74) is 4.20. The molecule has 150 valence electrons. The monoisotopic (exact) mass is 383 g/mol. The van der Waals surface area contributed by atoms with Crippen molar-refractivity contribution in [2.45, 2.75) is 64.9 Å². The van der Waals surface area contributed by atoms with Crippen LogP contribution in [0.5, 0.6) is 0 Å². The van der Waals surface area contributed by atoms with E-state index in [2.05, 4.69) is 4.98 Å². The highest BCUT2D eigenvalue weighted by Crippen LogP contribution is 2.32. The van der Waals surface area contributed by atoms with E-state index in [1.807, 2.05) is 24.3 Å². The van der Waals surface area contributed by atoms with Crippen molar-refractivity contribution < 1.29 is 19.4 Å². The van der Waals surface area contributed by atoms with Crippen molar-refractivity contribution in [2.75, 3.05) is 6.61 Å². The molecule has 0 unspecified atom stereocenters. The molecule has 2 aromatic rings. The lowest BCUT2D eigenvalue weighted by Crippen LogP contribution is -2.15. The lowest BCUT2D eigenvalue weighted by atomic mass is 9.84. The van der Waals surface area contributed by atoms with E-state index in [9.17, 15) is 14.7 Å². The molecule has 1 aliphatic carbocycles. The molecule has 0 aliphatic heterocycles. The van der Waals surface area contributed by atoms with Crippen LogP contribution in [0.2, 0.25) is 0 Å². The lowest BCUT2D eigenvalue weighted by Gasteiger charge is -2.22. The van der Waals surface area contributed by atoms with Crippen LogP contribution in [0.15, 0.2) is 24.3 Å². The second kappa shape index (κ2) is 8.74. The standard InChI is InChI=1S/C23H29NO4/c1-14-21(16(3)25)15(2)24-22(14)23(27)28-13-20(26)19-11-9-18(10-12-19)17-7-5-4-6-8-17/h9-12,16-17,24-25H,4-8,13H2,1-3H3/t16-/m1/s1. The number of ketones is 1. The predicted octanol–water partition coefficient (Wildman–Crippen LogP) is 4.77. The van der Waals surface area contributed by atoms with Crippen LogP contribution in [-0.4, -0.2) is 28.4 Å². The molecule has 5 heteroatoms. The Balaban J connectivity index is 1.61. The zero-order chi connectivity index (χ0) is 20.3. The number of nitrogens with one attached hydrogen (secondary N) is 1. The van der Waals surface area contributed by atoms with Gasteiger partial charge in [0.25, 0.3) is 0 Å². The normalized spacial score (nSPS) is 16.0. The highest BCUT2D eigenvalue weighted by molar-refractivity contribution is 5.99. The van der Waals surface area contributed by atoms with Crippen LogP contribution in [0.25, 0.3) is 0 Å². The third-order valence-electron chi connectivity index (χ3n) is 5.76. The number of ether oxygens (including phenoxy) is 1. The number of aliphatic hydroxyl groups excluding tert-OH is 1. The fourth-order valence-electron chi connectivity index (χ4n) is 4.26. The maximum absolute atomic E-state index is 12.4. The molecule has 1 aromatic heterocycles. The first-order chi connectivity index (χ1) is 13.4. The number of rotatable bonds is 6. The van der Waals surface area contributed by atoms with Crippen molar-refractivity contribution in [2.24, 2.45) is 0 Å². The van der Waals surface area contributed by atoms with Gasteiger partial charge in [-0.3, -0.25) is 4.79 Å². The van der Waals surface area contributed by atoms with E-state index >= 15 is 0 Å². The Kier molecular flexibility index (Phi) is 6.35. The summed E-state index contributed by atoms with van der Waals surface area (Å²) in [4.78, 5) is 27.7. The number of hydrogen-bond acceptors (Lipinski definition) is 4. The molecule has 1 fully saturated rings. The fraction of sp³-hybridized carbons (Fsp3) is 0.478. The summed E-state index contributed by atoms with van der Waals surface area (Å²) in [6.45, 7) is 4.90. The summed E-state index contributed by atoms with van der Waals surface area (Å²) in [5, 5.41) is 9.84. The average Bonchev–Trinajstić information content (AvgIpc) is 3.01. The molecule has 0 saturated heterocycles. The maximum Gasteiger partial charge on any atom is 0.355 e. The average molecular weight is 383 g/mol. The van der Waals surface area contributed by atoms with Crippen molar-refractivity contribution >= 4 is 11.8 Å². The number of aromatic nitrogens is 1. The minimum Gasteiger partial charge on any atom is -0.453 e. The third kappa shape index (κ3) is 4.36. The van der Waals surface area contributed by atoms with E-state index in [-0.39, 0.29) is 18.1 Å². The molecule has 0 amide bonds. The predicted molar refractivity (Wildman–Crippen MR) is 108 cm³/mol. The second-order valence-electron chi connectivity index (χ2n) is 7.80. The van der Waals surface area contributed by atoms with Gasteiger partial charge in [-0.05, 0) is 50.7 Å². The number of aryl methyl sites for hydroxylation is 1. The van der Waals surface area contributed by atoms with Crippen LogP contribution in [0, 0.1) is 13.8 Å². The Morgan fingerprint density at radius 3 is 2.36 bits per heavy atom. The van der Waals surface area contributed by atoms with Gasteiger partial charge in [-0.2, -0.15) is 0 Å². The van der Waals surface area contributed by atoms with E-state index in [1.165, 1.54) is 37.7 Å². The number of carbonyl (C=O) groups is 2. The number of esters is 1. The minimum atomic E-state index is -0.679. The van der Waals surface area contributed by atoms with Gasteiger partial charge >= 0.3 is 5.97 Å². The van der Waals surface area contributed by atoms with Crippen LogP contribution >= 0.6 is 0 Å². The Bertz CT molecular complexity index is 842. The summed E-state index contributed by atoms with van der Waals surface area (Å²) in [6, 6.07) is 7.71. The van der Waals surface area contributed by atoms with Crippen molar-refractivity contribution in [1.82, 2.24) is 4.98 Å². The van der Waals surface area contributed by atoms with Gasteiger partial charge in [0.1, 0.15) is 5.69 Å². The largest absolute Gasteiger partial charge is 0.453 e. The molecule has 1 atom stereocenters. The second-order valence-corrected chi connectivity index (χ2v) is 7.80. The molecule has 0 bridgehead atoms. The van der Waals surface area contributed by atoms with Gasteiger partial charge in [-0.1, -0.05) is 43.5 Å². The first kappa shape index (κ1) is 20.3. The van der Waals surface area contributed by atoms with Crippen LogP contribution in [0.1, 0.15) is 94.3 Å². The zero-order valence-corrected chi connectivity index (χ0v) is 16.9. The topological polar surface area (TPSA) is 79.4 Å². The third-order valence-corrected chi connectivity index (χ3v) is 5.76. The highest BCUT2D eigenvalue weighted by atomic mass is 16.5. The van der Waals surface area contributed by atoms with E-state index < -0.39 is 12.1 Å². The van der Waals surface area contributed by atoms with Gasteiger partial charge in [0.2, 0.25) is 0 Å². The Morgan fingerprint density at radius 2 is 1.79 bits per heavy atom. The Morgan fingerprint density at radius 1 is 1.14 bits per heavy atom. The number of hydrogen-bond donors (Lipinski definition) is 2. The van der Waals surface area contributed by atoms with Gasteiger partial charge in [0, 0.05) is 16.8 Å². The number of benzene rings is 1. The lowest BCUT2D eigenvalue weighted by molar-refractivity contribution is 0.0468. The molecule has 1 heterocycles. The van der Waals surface area contributed by atoms with Crippen molar-refractivity contribution in [3.8, 4) is 0 Å². The summed E-state index contributed by atoms with van der Waals surface area (Å²) in [7, 11) is 0. The van der Waals surface area contributed by atoms with E-state index in [4.69, 9.17) is 4.74 Å². The molecule has 0 spiro atoms. The molecule has 5 nitrogen and oxygen atoms in total. The number of aliphatic hydroxyl groups is 1. The molecule has 28 heavy (non-hydrogen) atoms. The first-order valence-corrected chi connectivity index (χ1v) is 10.1. The summed E-state index contributed by atoms with van der Waals surface area (Å²) >= 11 is 0. The van der Waals surface area contributed by atoms with Gasteiger partial charge < -0.3 is 14.8 Å². The van der Waals surface area contributed by atoms with E-state index in [0.717, 1.165) is 5.69 Å². The van der Waals surface area contributed by atoms with Crippen LogP contribution in [0.4, 0.5) is 0 Å². The van der Waals surface area contributed by atoms with Crippen molar-refractivity contribution in [1.29, 1.82) is 0 Å². The summed E-state index contributed by atoms with van der Waals surface area (Å²) in [6.07, 6.45) is 5.62. The number of Topliss-reactive ketones (excluding diaryl/α,β-unsaturated/α-hetero) is 1. The van der Waals surface area contributed by atoms with Gasteiger partial charge in [0.15, 0.2) is 12.4 Å². The van der Waals surface area contributed by atoms with Gasteiger partial charge in [0.05, 0.1) is 6.10 Å². The molecule has 3 rings (SSSR count). The minimum absolute atomic E-state index is 0.222. The molecule has 1 aliphatic rings. The zero-order valence-electron chi connectivity index (χ0n) is 16.9. The Labute approximate surface area is 166 Å². The smallest absolute Gasteiger partial charge is 0.355 e. The van der Waals surface area contributed by atoms with Crippen LogP contribution in [-0.2, 0) is 4.74 Å². The molecular formula is C23H29NO4. The SMILES string of the molecule is Cc1[nH]c(C(=O)OCC(=O)c2ccc(C3CCCCC3)cc2)c(C)c1[C@@H](C)O. The van der Waals surface area contributed by atoms with Gasteiger partial charge in [-0.25, -0.2) is 4.79 Å². The van der Waals surface area contributed by atoms with E-state index in [1.54, 1.807) is 20.8 Å². The van der Waals surface area contributed by atoms with Gasteiger partial charge in [-0.15, -0.1) is 0 Å². The molecule has 0 radical (unpaired) electrons. The maximum atomic E-state index is 12.4. The Hall–Kier alpha value is -2.40. The number of H-pyrrole nitrogens is 1. The van der Waals surface area contributed by atoms with Crippen molar-refractivity contribution in [3.63, 3.8) is 0 Å². The van der Waals surface area contributed by atoms with E-state index in [0.29, 0.717) is 22.6 Å². The van der Waals surface area contributed by atoms with Crippen LogP contribution in [0.3, 0.4) is 0 Å². The summed E-state index contributed by atoms with van der Waals surface area (Å²) in [5.74, 6) is -0.210. The number of carbonyl (C=O) groups excluding carboxylic acids is 2. The van der Waals surface area contributed by atoms with Crippen molar-refractivity contribution in [3.05, 3.63) is 57.9 Å². The van der Waals surface area contributed by atoms with Crippen LogP contribution < -0.4 is 0 Å². The molecular weight excluding hydrogens is 354 g/mol.